The number of nitrogens with one attached hydrogen (secondary N) is 1. The second-order valence-corrected chi connectivity index (χ2v) is 2.59. The molecule has 3 nitrogen and oxygen atoms in total. The first kappa shape index (κ1) is 9.61. The van der Waals surface area contributed by atoms with Crippen molar-refractivity contribution in [3.63, 3.8) is 0 Å². The first-order valence-electron chi connectivity index (χ1n) is 3.59. The van der Waals surface area contributed by atoms with Crippen molar-refractivity contribution in [3.8, 4) is 0 Å². The maximum atomic E-state index is 7.21. The summed E-state index contributed by atoms with van der Waals surface area (Å²) in [5.74, 6) is 0.0816. The average Bonchev–Trinajstić information content (AvgIpc) is 2.49. The van der Waals surface area contributed by atoms with Gasteiger partial charge in [-0.2, -0.15) is 0 Å². The molecule has 0 aliphatic rings. The van der Waals surface area contributed by atoms with Crippen molar-refractivity contribution < 1.29 is 4.42 Å². The van der Waals surface area contributed by atoms with Crippen LogP contribution in [0.4, 0.5) is 0 Å². The van der Waals surface area contributed by atoms with Crippen molar-refractivity contribution >= 4 is 29.2 Å². The lowest BCUT2D eigenvalue weighted by Crippen LogP contribution is -2.10. The molecule has 0 aliphatic carbocycles. The number of halogens is 1. The Balaban J connectivity index is 0.000000845. The summed E-state index contributed by atoms with van der Waals surface area (Å²) in [5.41, 5.74) is 6.87. The van der Waals surface area contributed by atoms with E-state index in [1.165, 1.54) is 0 Å². The van der Waals surface area contributed by atoms with E-state index in [0.29, 0.717) is 0 Å². The predicted molar refractivity (Wildman–Crippen MR) is 54.5 cm³/mol. The summed E-state index contributed by atoms with van der Waals surface area (Å²) < 4.78 is 5.14. The molecule has 2 rings (SSSR count). The summed E-state index contributed by atoms with van der Waals surface area (Å²) in [6, 6.07) is 7.27. The van der Waals surface area contributed by atoms with Gasteiger partial charge in [-0.15, -0.1) is 12.4 Å². The monoisotopic (exact) mass is 196 g/mol. The summed E-state index contributed by atoms with van der Waals surface area (Å²) in [5, 5.41) is 8.19. The first-order chi connectivity index (χ1) is 5.77. The Kier molecular flexibility index (Phi) is 2.58. The number of fused-ring (bicyclic) bond motifs is 1. The number of nitrogens with two attached hydrogens (primary N) is 1. The summed E-state index contributed by atoms with van der Waals surface area (Å²) in [7, 11) is 0. The number of hydrogen-bond donors (Lipinski definition) is 2. The van der Waals surface area contributed by atoms with E-state index >= 15 is 0 Å². The Morgan fingerprint density at radius 1 is 1.31 bits per heavy atom. The van der Waals surface area contributed by atoms with E-state index in [0.717, 1.165) is 16.5 Å². The summed E-state index contributed by atoms with van der Waals surface area (Å²) >= 11 is 0. The second-order valence-electron chi connectivity index (χ2n) is 2.59. The van der Waals surface area contributed by atoms with E-state index in [9.17, 15) is 0 Å². The zero-order valence-electron chi connectivity index (χ0n) is 6.78. The largest absolute Gasteiger partial charge is 0.464 e. The number of nitrogen functional groups attached to an aromatic ring is 1. The van der Waals surface area contributed by atoms with Gasteiger partial charge in [0.15, 0.2) is 0 Å². The first-order valence-corrected chi connectivity index (χ1v) is 3.59. The van der Waals surface area contributed by atoms with Crippen molar-refractivity contribution in [3.05, 3.63) is 36.1 Å². The lowest BCUT2D eigenvalue weighted by atomic mass is 10.1. The number of benzene rings is 1. The third-order valence-corrected chi connectivity index (χ3v) is 1.76. The molecule has 0 radical (unpaired) electrons. The minimum absolute atomic E-state index is 0. The van der Waals surface area contributed by atoms with Crippen LogP contribution < -0.4 is 5.73 Å². The summed E-state index contributed by atoms with van der Waals surface area (Å²) in [6.45, 7) is 0. The van der Waals surface area contributed by atoms with Crippen molar-refractivity contribution in [1.82, 2.24) is 0 Å². The highest BCUT2D eigenvalue weighted by Crippen LogP contribution is 2.16. The Labute approximate surface area is 81.5 Å². The molecule has 4 heteroatoms. The normalized spacial score (nSPS) is 9.54. The van der Waals surface area contributed by atoms with Gasteiger partial charge in [0, 0.05) is 10.9 Å². The van der Waals surface area contributed by atoms with Gasteiger partial charge in [-0.3, -0.25) is 5.41 Å². The molecule has 0 saturated heterocycles. The molecule has 0 fully saturated rings. The molecule has 0 atom stereocenters. The smallest absolute Gasteiger partial charge is 0.133 e. The van der Waals surface area contributed by atoms with Gasteiger partial charge in [0.05, 0.1) is 6.26 Å². The van der Waals surface area contributed by atoms with E-state index in [-0.39, 0.29) is 18.2 Å². The fourth-order valence-corrected chi connectivity index (χ4v) is 1.13. The predicted octanol–water partition coefficient (Wildman–Crippen LogP) is 2.14. The quantitative estimate of drug-likeness (QED) is 0.542. The molecule has 0 spiro atoms. The highest BCUT2D eigenvalue weighted by molar-refractivity contribution is 5.98. The fourth-order valence-electron chi connectivity index (χ4n) is 1.13. The minimum Gasteiger partial charge on any atom is -0.464 e. The number of amidine groups is 1. The minimum atomic E-state index is 0. The highest BCUT2D eigenvalue weighted by Gasteiger charge is 1.99. The molecule has 0 unspecified atom stereocenters. The van der Waals surface area contributed by atoms with Crippen LogP contribution >= 0.6 is 12.4 Å². The number of hydrogen-bond acceptors (Lipinski definition) is 2. The average molecular weight is 197 g/mol. The van der Waals surface area contributed by atoms with E-state index in [1.54, 1.807) is 12.3 Å². The van der Waals surface area contributed by atoms with Crippen molar-refractivity contribution in [2.24, 2.45) is 5.73 Å². The van der Waals surface area contributed by atoms with Gasteiger partial charge in [-0.25, -0.2) is 0 Å². The Morgan fingerprint density at radius 2 is 2.08 bits per heavy atom. The van der Waals surface area contributed by atoms with Crippen LogP contribution in [0.5, 0.6) is 0 Å². The van der Waals surface area contributed by atoms with Crippen LogP contribution in [-0.4, -0.2) is 5.84 Å². The molecule has 0 aliphatic heterocycles. The maximum absolute atomic E-state index is 7.21. The molecule has 1 heterocycles. The van der Waals surface area contributed by atoms with Crippen LogP contribution in [0, 0.1) is 5.41 Å². The molecule has 0 amide bonds. The molecule has 0 saturated carbocycles. The molecule has 3 N–H and O–H groups in total. The molecular weight excluding hydrogens is 188 g/mol. The van der Waals surface area contributed by atoms with E-state index < -0.39 is 0 Å². The van der Waals surface area contributed by atoms with Crippen LogP contribution in [0.2, 0.25) is 0 Å². The van der Waals surface area contributed by atoms with Crippen molar-refractivity contribution in [1.29, 1.82) is 5.41 Å². The zero-order chi connectivity index (χ0) is 8.55. The van der Waals surface area contributed by atoms with Crippen LogP contribution in [-0.2, 0) is 0 Å². The third-order valence-electron chi connectivity index (χ3n) is 1.76. The van der Waals surface area contributed by atoms with Crippen LogP contribution in [0.3, 0.4) is 0 Å². The van der Waals surface area contributed by atoms with Crippen LogP contribution in [0.1, 0.15) is 5.56 Å². The van der Waals surface area contributed by atoms with Crippen molar-refractivity contribution in [2.75, 3.05) is 0 Å². The summed E-state index contributed by atoms with van der Waals surface area (Å²) in [6.07, 6.45) is 1.62. The topological polar surface area (TPSA) is 63.0 Å². The summed E-state index contributed by atoms with van der Waals surface area (Å²) in [4.78, 5) is 0. The SMILES string of the molecule is Cl.N=C(N)c1ccc2occc2c1. The number of furan rings is 1. The molecule has 13 heavy (non-hydrogen) atoms. The fraction of sp³-hybridized carbons (Fsp3) is 0. The van der Waals surface area contributed by atoms with Crippen LogP contribution in [0.25, 0.3) is 11.0 Å². The van der Waals surface area contributed by atoms with Gasteiger partial charge >= 0.3 is 0 Å². The van der Waals surface area contributed by atoms with E-state index in [2.05, 4.69) is 0 Å². The molecule has 1 aromatic carbocycles. The van der Waals surface area contributed by atoms with Gasteiger partial charge in [-0.1, -0.05) is 0 Å². The van der Waals surface area contributed by atoms with E-state index in [1.807, 2.05) is 18.2 Å². The van der Waals surface area contributed by atoms with E-state index in [4.69, 9.17) is 15.6 Å². The van der Waals surface area contributed by atoms with Gasteiger partial charge in [-0.05, 0) is 24.3 Å². The lowest BCUT2D eigenvalue weighted by Gasteiger charge is -1.95. The highest BCUT2D eigenvalue weighted by atomic mass is 35.5. The molecular formula is C9H9ClN2O. The van der Waals surface area contributed by atoms with Gasteiger partial charge < -0.3 is 10.2 Å². The molecule has 0 bridgehead atoms. The molecule has 2 aromatic rings. The Hall–Kier alpha value is -1.48. The Bertz CT molecular complexity index is 436. The molecule has 1 aromatic heterocycles. The standard InChI is InChI=1S/C9H8N2O.ClH/c10-9(11)7-1-2-8-6(5-7)3-4-12-8;/h1-5H,(H3,10,11);1H. The van der Waals surface area contributed by atoms with Gasteiger partial charge in [0.25, 0.3) is 0 Å². The maximum Gasteiger partial charge on any atom is 0.133 e. The van der Waals surface area contributed by atoms with Crippen molar-refractivity contribution in [2.45, 2.75) is 0 Å². The Morgan fingerprint density at radius 3 is 2.77 bits per heavy atom. The zero-order valence-corrected chi connectivity index (χ0v) is 7.60. The van der Waals surface area contributed by atoms with Gasteiger partial charge in [0.1, 0.15) is 11.4 Å². The number of rotatable bonds is 1. The third kappa shape index (κ3) is 1.65. The molecule has 68 valence electrons. The lowest BCUT2D eigenvalue weighted by molar-refractivity contribution is 0.616. The van der Waals surface area contributed by atoms with Gasteiger partial charge in [0.2, 0.25) is 0 Å². The van der Waals surface area contributed by atoms with Crippen LogP contribution in [0.15, 0.2) is 34.9 Å². The second kappa shape index (κ2) is 3.49.